The summed E-state index contributed by atoms with van der Waals surface area (Å²) in [6, 6.07) is 0. The van der Waals surface area contributed by atoms with Gasteiger partial charge in [0.1, 0.15) is 0 Å². The summed E-state index contributed by atoms with van der Waals surface area (Å²) in [4.78, 5) is 0. The van der Waals surface area contributed by atoms with Gasteiger partial charge in [0, 0.05) is 6.42 Å². The minimum atomic E-state index is 0.136. The van der Waals surface area contributed by atoms with Crippen LogP contribution in [-0.4, -0.2) is 18.5 Å². The first kappa shape index (κ1) is 12.6. The summed E-state index contributed by atoms with van der Waals surface area (Å²) in [6.07, 6.45) is 16.2. The summed E-state index contributed by atoms with van der Waals surface area (Å²) in [6.45, 7) is 0. The van der Waals surface area contributed by atoms with Gasteiger partial charge in [-0.1, -0.05) is 38.5 Å². The van der Waals surface area contributed by atoms with Gasteiger partial charge < -0.3 is 9.47 Å². The van der Waals surface area contributed by atoms with Crippen LogP contribution in [0.3, 0.4) is 0 Å². The Morgan fingerprint density at radius 3 is 2.32 bits per heavy atom. The lowest BCUT2D eigenvalue weighted by molar-refractivity contribution is -0.0897. The lowest BCUT2D eigenvalue weighted by Crippen LogP contribution is -2.31. The molecule has 0 amide bonds. The molecule has 19 heavy (non-hydrogen) atoms. The van der Waals surface area contributed by atoms with Gasteiger partial charge in [-0.15, -0.1) is 0 Å². The second-order valence-electron chi connectivity index (χ2n) is 7.43. The second-order valence-corrected chi connectivity index (χ2v) is 7.43. The molecular formula is C17H28O2. The average Bonchev–Trinajstić information content (AvgIpc) is 2.85. The van der Waals surface area contributed by atoms with E-state index in [0.29, 0.717) is 12.2 Å². The first-order valence-corrected chi connectivity index (χ1v) is 8.69. The van der Waals surface area contributed by atoms with Crippen LogP contribution in [0.25, 0.3) is 0 Å². The largest absolute Gasteiger partial charge is 0.347 e. The van der Waals surface area contributed by atoms with Crippen LogP contribution in [0.1, 0.15) is 70.6 Å². The Morgan fingerprint density at radius 1 is 0.737 bits per heavy atom. The Hall–Kier alpha value is -0.0800. The van der Waals surface area contributed by atoms with Crippen molar-refractivity contribution in [2.24, 2.45) is 17.8 Å². The fourth-order valence-electron chi connectivity index (χ4n) is 5.17. The SMILES string of the molecule is C1CC2CCC(CC3OC4CCCCC4O3)C(C1)C2. The molecule has 1 heterocycles. The van der Waals surface area contributed by atoms with Crippen molar-refractivity contribution in [2.75, 3.05) is 0 Å². The van der Waals surface area contributed by atoms with Gasteiger partial charge >= 0.3 is 0 Å². The Balaban J connectivity index is 1.34. The lowest BCUT2D eigenvalue weighted by Gasteiger charge is -2.41. The van der Waals surface area contributed by atoms with Gasteiger partial charge in [0.05, 0.1) is 12.2 Å². The maximum absolute atomic E-state index is 6.18. The highest BCUT2D eigenvalue weighted by Gasteiger charge is 2.41. The van der Waals surface area contributed by atoms with Crippen molar-refractivity contribution in [2.45, 2.75) is 89.1 Å². The summed E-state index contributed by atoms with van der Waals surface area (Å²) in [5.74, 6) is 2.94. The van der Waals surface area contributed by atoms with E-state index in [9.17, 15) is 0 Å². The van der Waals surface area contributed by atoms with Crippen molar-refractivity contribution in [1.82, 2.24) is 0 Å². The van der Waals surface area contributed by atoms with E-state index in [0.717, 1.165) is 17.8 Å². The zero-order chi connectivity index (χ0) is 12.7. The van der Waals surface area contributed by atoms with E-state index in [-0.39, 0.29) is 6.29 Å². The lowest BCUT2D eigenvalue weighted by atomic mass is 9.66. The molecule has 3 aliphatic carbocycles. The first-order valence-electron chi connectivity index (χ1n) is 8.69. The zero-order valence-corrected chi connectivity index (χ0v) is 12.1. The Morgan fingerprint density at radius 2 is 1.53 bits per heavy atom. The molecule has 108 valence electrons. The van der Waals surface area contributed by atoms with Gasteiger partial charge in [0.25, 0.3) is 0 Å². The molecule has 0 N–H and O–H groups in total. The van der Waals surface area contributed by atoms with E-state index in [1.54, 1.807) is 0 Å². The van der Waals surface area contributed by atoms with E-state index < -0.39 is 0 Å². The fourth-order valence-corrected chi connectivity index (χ4v) is 5.17. The van der Waals surface area contributed by atoms with Crippen LogP contribution < -0.4 is 0 Å². The molecule has 0 aromatic carbocycles. The van der Waals surface area contributed by atoms with Crippen LogP contribution in [0.4, 0.5) is 0 Å². The highest BCUT2D eigenvalue weighted by molar-refractivity contribution is 4.87. The van der Waals surface area contributed by atoms with Crippen molar-refractivity contribution < 1.29 is 9.47 Å². The van der Waals surface area contributed by atoms with Crippen LogP contribution in [0.15, 0.2) is 0 Å². The molecule has 2 heteroatoms. The Kier molecular flexibility index (Phi) is 3.57. The first-order chi connectivity index (χ1) is 9.38. The van der Waals surface area contributed by atoms with Gasteiger partial charge in [0.15, 0.2) is 6.29 Å². The predicted octanol–water partition coefficient (Wildman–Crippen LogP) is 4.28. The molecule has 1 aliphatic heterocycles. The maximum Gasteiger partial charge on any atom is 0.158 e. The minimum absolute atomic E-state index is 0.136. The predicted molar refractivity (Wildman–Crippen MR) is 74.8 cm³/mol. The normalized spacial score (nSPS) is 49.9. The minimum Gasteiger partial charge on any atom is -0.347 e. The Labute approximate surface area is 117 Å². The van der Waals surface area contributed by atoms with E-state index in [1.165, 1.54) is 70.6 Å². The van der Waals surface area contributed by atoms with Crippen molar-refractivity contribution in [1.29, 1.82) is 0 Å². The summed E-state index contributed by atoms with van der Waals surface area (Å²) >= 11 is 0. The molecule has 1 saturated heterocycles. The molecule has 4 rings (SSSR count). The van der Waals surface area contributed by atoms with E-state index in [2.05, 4.69) is 0 Å². The van der Waals surface area contributed by atoms with Gasteiger partial charge in [-0.25, -0.2) is 0 Å². The van der Waals surface area contributed by atoms with E-state index in [1.807, 2.05) is 0 Å². The zero-order valence-electron chi connectivity index (χ0n) is 12.1. The van der Waals surface area contributed by atoms with Gasteiger partial charge in [-0.2, -0.15) is 0 Å². The topological polar surface area (TPSA) is 18.5 Å². The number of hydrogen-bond donors (Lipinski definition) is 0. The number of fused-ring (bicyclic) bond motifs is 3. The third-order valence-corrected chi connectivity index (χ3v) is 6.23. The number of rotatable bonds is 2. The van der Waals surface area contributed by atoms with E-state index in [4.69, 9.17) is 9.47 Å². The molecule has 0 aromatic rings. The van der Waals surface area contributed by atoms with Gasteiger partial charge in [-0.05, 0) is 43.4 Å². The third-order valence-electron chi connectivity index (χ3n) is 6.23. The molecule has 0 aromatic heterocycles. The number of ether oxygens (including phenoxy) is 2. The highest BCUT2D eigenvalue weighted by atomic mass is 16.7. The third kappa shape index (κ3) is 2.58. The van der Waals surface area contributed by atoms with Crippen LogP contribution >= 0.6 is 0 Å². The van der Waals surface area contributed by atoms with Gasteiger partial charge in [-0.3, -0.25) is 0 Å². The smallest absolute Gasteiger partial charge is 0.158 e. The molecular weight excluding hydrogens is 236 g/mol. The second kappa shape index (κ2) is 5.37. The van der Waals surface area contributed by atoms with Crippen molar-refractivity contribution >= 4 is 0 Å². The van der Waals surface area contributed by atoms with Gasteiger partial charge in [0.2, 0.25) is 0 Å². The van der Waals surface area contributed by atoms with Crippen molar-refractivity contribution in [3.63, 3.8) is 0 Å². The van der Waals surface area contributed by atoms with Crippen molar-refractivity contribution in [3.8, 4) is 0 Å². The average molecular weight is 264 g/mol. The Bertz CT molecular complexity index is 302. The number of hydrogen-bond acceptors (Lipinski definition) is 2. The van der Waals surface area contributed by atoms with Crippen LogP contribution in [-0.2, 0) is 9.47 Å². The fraction of sp³-hybridized carbons (Fsp3) is 1.00. The van der Waals surface area contributed by atoms with E-state index >= 15 is 0 Å². The van der Waals surface area contributed by atoms with Crippen LogP contribution in [0.5, 0.6) is 0 Å². The van der Waals surface area contributed by atoms with Crippen LogP contribution in [0, 0.1) is 17.8 Å². The quantitative estimate of drug-likeness (QED) is 0.741. The van der Waals surface area contributed by atoms with Crippen molar-refractivity contribution in [3.05, 3.63) is 0 Å². The van der Waals surface area contributed by atoms with Crippen LogP contribution in [0.2, 0.25) is 0 Å². The molecule has 3 saturated carbocycles. The molecule has 0 spiro atoms. The monoisotopic (exact) mass is 264 g/mol. The molecule has 2 nitrogen and oxygen atoms in total. The summed E-state index contributed by atoms with van der Waals surface area (Å²) < 4.78 is 12.4. The summed E-state index contributed by atoms with van der Waals surface area (Å²) in [5.41, 5.74) is 0. The molecule has 4 fully saturated rings. The molecule has 5 atom stereocenters. The highest BCUT2D eigenvalue weighted by Crippen LogP contribution is 2.46. The maximum atomic E-state index is 6.18. The summed E-state index contributed by atoms with van der Waals surface area (Å²) in [5, 5.41) is 0. The standard InChI is InChI=1S/C17H28O2/c1-2-7-16-15(6-1)18-17(19-16)11-14-9-8-12-4-3-5-13(14)10-12/h12-17H,1-11H2. The molecule has 2 bridgehead atoms. The molecule has 5 unspecified atom stereocenters. The summed E-state index contributed by atoms with van der Waals surface area (Å²) in [7, 11) is 0. The molecule has 0 radical (unpaired) electrons. The molecule has 4 aliphatic rings.